The van der Waals surface area contributed by atoms with Crippen LogP contribution >= 0.6 is 11.6 Å². The van der Waals surface area contributed by atoms with Crippen LogP contribution in [0.15, 0.2) is 42.1 Å². The first kappa shape index (κ1) is 18.1. The number of fused-ring (bicyclic) bond motifs is 2. The summed E-state index contributed by atoms with van der Waals surface area (Å²) in [6.45, 7) is 3.62. The Hall–Kier alpha value is -2.33. The molecule has 2 aromatic rings. The van der Waals surface area contributed by atoms with E-state index in [1.807, 2.05) is 25.3 Å². The van der Waals surface area contributed by atoms with Gasteiger partial charge in [0.2, 0.25) is 0 Å². The van der Waals surface area contributed by atoms with Crippen molar-refractivity contribution in [2.24, 2.45) is 0 Å². The maximum atomic E-state index is 12.0. The highest BCUT2D eigenvalue weighted by atomic mass is 35.5. The van der Waals surface area contributed by atoms with Gasteiger partial charge < -0.3 is 9.64 Å². The van der Waals surface area contributed by atoms with Gasteiger partial charge in [-0.1, -0.05) is 29.3 Å². The molecule has 2 aliphatic rings. The molecule has 1 aromatic heterocycles. The summed E-state index contributed by atoms with van der Waals surface area (Å²) < 4.78 is 5.15. The van der Waals surface area contributed by atoms with Crippen molar-refractivity contribution in [2.45, 2.75) is 32.6 Å². The van der Waals surface area contributed by atoms with Crippen LogP contribution < -0.4 is 0 Å². The van der Waals surface area contributed by atoms with E-state index in [4.69, 9.17) is 21.3 Å². The molecular weight excluding hydrogens is 366 g/mol. The summed E-state index contributed by atoms with van der Waals surface area (Å²) in [7, 11) is 0. The van der Waals surface area contributed by atoms with E-state index in [1.165, 1.54) is 27.8 Å². The summed E-state index contributed by atoms with van der Waals surface area (Å²) >= 11 is 6.27. The van der Waals surface area contributed by atoms with E-state index in [9.17, 15) is 4.79 Å². The van der Waals surface area contributed by atoms with Gasteiger partial charge in [0.25, 0.3) is 0 Å². The van der Waals surface area contributed by atoms with Crippen molar-refractivity contribution < 1.29 is 9.53 Å². The number of carbonyl (C=O) groups excluding carboxylic acids is 1. The maximum Gasteiger partial charge on any atom is 0.409 e. The number of aryl methyl sites for hydroxylation is 2. The molecule has 0 unspecified atom stereocenters. The first-order chi connectivity index (χ1) is 13.2. The van der Waals surface area contributed by atoms with E-state index in [0.29, 0.717) is 19.7 Å². The summed E-state index contributed by atoms with van der Waals surface area (Å²) in [4.78, 5) is 18.6. The predicted octanol–water partition coefficient (Wildman–Crippen LogP) is 4.89. The first-order valence-electron chi connectivity index (χ1n) is 9.54. The predicted molar refractivity (Wildman–Crippen MR) is 107 cm³/mol. The number of amides is 1. The van der Waals surface area contributed by atoms with E-state index in [1.54, 1.807) is 4.90 Å². The summed E-state index contributed by atoms with van der Waals surface area (Å²) in [5, 5.41) is 0.772. The Kier molecular flexibility index (Phi) is 5.17. The van der Waals surface area contributed by atoms with Gasteiger partial charge in [-0.25, -0.2) is 4.79 Å². The Morgan fingerprint density at radius 3 is 2.70 bits per heavy atom. The number of aromatic nitrogens is 1. The van der Waals surface area contributed by atoms with Crippen LogP contribution in [0, 0.1) is 0 Å². The van der Waals surface area contributed by atoms with E-state index in [0.717, 1.165) is 36.4 Å². The third kappa shape index (κ3) is 3.59. The average Bonchev–Trinajstić information content (AvgIpc) is 2.85. The number of hydrogen-bond acceptors (Lipinski definition) is 3. The molecule has 0 radical (unpaired) electrons. The minimum atomic E-state index is -0.215. The molecular formula is C22H23ClN2O2. The average molecular weight is 389 g/mol. The summed E-state index contributed by atoms with van der Waals surface area (Å²) in [5.41, 5.74) is 7.46. The molecule has 27 heavy (non-hydrogen) atoms. The molecule has 4 nitrogen and oxygen atoms in total. The van der Waals surface area contributed by atoms with Gasteiger partial charge in [0.05, 0.1) is 12.3 Å². The van der Waals surface area contributed by atoms with Crippen LogP contribution in [0.25, 0.3) is 5.57 Å². The molecule has 2 heterocycles. The van der Waals surface area contributed by atoms with Gasteiger partial charge in [-0.3, -0.25) is 4.98 Å². The highest BCUT2D eigenvalue weighted by molar-refractivity contribution is 6.30. The Balaban J connectivity index is 1.76. The van der Waals surface area contributed by atoms with Crippen molar-refractivity contribution in [1.29, 1.82) is 0 Å². The number of halogens is 1. The fraction of sp³-hybridized carbons (Fsp3) is 0.364. The van der Waals surface area contributed by atoms with Crippen molar-refractivity contribution in [2.75, 3.05) is 19.7 Å². The van der Waals surface area contributed by atoms with E-state index >= 15 is 0 Å². The number of hydrogen-bond donors (Lipinski definition) is 0. The van der Waals surface area contributed by atoms with Crippen molar-refractivity contribution in [1.82, 2.24) is 9.88 Å². The molecule has 1 saturated heterocycles. The second-order valence-electron chi connectivity index (χ2n) is 6.98. The van der Waals surface area contributed by atoms with Gasteiger partial charge in [0, 0.05) is 29.9 Å². The van der Waals surface area contributed by atoms with Gasteiger partial charge in [-0.2, -0.15) is 0 Å². The molecule has 1 aliphatic heterocycles. The number of ether oxygens (including phenoxy) is 1. The van der Waals surface area contributed by atoms with Gasteiger partial charge in [-0.15, -0.1) is 0 Å². The molecule has 0 spiro atoms. The lowest BCUT2D eigenvalue weighted by molar-refractivity contribution is 0.104. The first-order valence-corrected chi connectivity index (χ1v) is 9.92. The second-order valence-corrected chi connectivity index (χ2v) is 7.41. The number of benzene rings is 1. The largest absolute Gasteiger partial charge is 0.450 e. The standard InChI is InChI=1S/C22H23ClN2O2/c1-2-27-22(26)25-12-9-15(10-13-25)20-19-8-7-18(23)14-17(19)6-5-16-4-3-11-24-21(16)20/h3-4,7-8,11,14H,2,5-6,9-10,12-13H2,1H3/i7+1,8+1,14+1,17+1,18+1,19+1. The van der Waals surface area contributed by atoms with Crippen molar-refractivity contribution in [3.8, 4) is 0 Å². The SMILES string of the molecule is CCOC(=O)N1CCC(=C2c3ncccc3CC[13c]3[13cH][13c](Cl)[13cH][13cH][13c]32)CC1. The lowest BCUT2D eigenvalue weighted by atomic mass is 9.96. The zero-order valence-corrected chi connectivity index (χ0v) is 16.3. The summed E-state index contributed by atoms with van der Waals surface area (Å²) in [6, 6.07) is 10.3. The molecule has 140 valence electrons. The molecule has 4 rings (SSSR count). The normalized spacial score (nSPS) is 16.4. The number of carbonyl (C=O) groups is 1. The minimum absolute atomic E-state index is 0.215. The molecule has 1 fully saturated rings. The molecule has 0 atom stereocenters. The second kappa shape index (κ2) is 7.73. The van der Waals surface area contributed by atoms with Crippen LogP contribution in [0.3, 0.4) is 0 Å². The number of likely N-dealkylation sites (tertiary alicyclic amines) is 1. The van der Waals surface area contributed by atoms with E-state index in [2.05, 4.69) is 18.2 Å². The number of nitrogens with zero attached hydrogens (tertiary/aromatic N) is 2. The third-order valence-corrected chi connectivity index (χ3v) is 5.61. The monoisotopic (exact) mass is 388 g/mol. The van der Waals surface area contributed by atoms with Crippen LogP contribution in [0.4, 0.5) is 4.79 Å². The molecule has 0 saturated carbocycles. The quantitative estimate of drug-likeness (QED) is 0.698. The third-order valence-electron chi connectivity index (χ3n) is 5.37. The van der Waals surface area contributed by atoms with Gasteiger partial charge >= 0.3 is 6.09 Å². The zero-order chi connectivity index (χ0) is 18.8. The molecule has 1 amide bonds. The molecule has 1 aliphatic carbocycles. The Morgan fingerprint density at radius 2 is 1.93 bits per heavy atom. The highest BCUT2D eigenvalue weighted by Gasteiger charge is 2.26. The Morgan fingerprint density at radius 1 is 1.15 bits per heavy atom. The number of rotatable bonds is 1. The molecule has 1 aromatic carbocycles. The maximum absolute atomic E-state index is 12.0. The van der Waals surface area contributed by atoms with Crippen molar-refractivity contribution in [3.63, 3.8) is 0 Å². The minimum Gasteiger partial charge on any atom is -0.450 e. The van der Waals surface area contributed by atoms with Crippen LogP contribution in [0.5, 0.6) is 0 Å². The van der Waals surface area contributed by atoms with E-state index < -0.39 is 0 Å². The van der Waals surface area contributed by atoms with Crippen LogP contribution in [0.1, 0.15) is 42.1 Å². The Labute approximate surface area is 164 Å². The smallest absolute Gasteiger partial charge is 0.409 e. The molecule has 0 N–H and O–H groups in total. The van der Waals surface area contributed by atoms with Crippen LogP contribution in [-0.4, -0.2) is 35.7 Å². The van der Waals surface area contributed by atoms with Crippen molar-refractivity contribution in [3.05, 3.63) is 69.5 Å². The summed E-state index contributed by atoms with van der Waals surface area (Å²) in [5.74, 6) is 0. The van der Waals surface area contributed by atoms with Gasteiger partial charge in [0.15, 0.2) is 0 Å². The number of pyridine rings is 1. The van der Waals surface area contributed by atoms with Crippen LogP contribution in [-0.2, 0) is 17.6 Å². The van der Waals surface area contributed by atoms with Crippen LogP contribution in [0.2, 0.25) is 5.02 Å². The Bertz CT molecular complexity index is 897. The topological polar surface area (TPSA) is 42.4 Å². The fourth-order valence-corrected chi connectivity index (χ4v) is 4.25. The van der Waals surface area contributed by atoms with Gasteiger partial charge in [0.1, 0.15) is 0 Å². The molecule has 0 bridgehead atoms. The summed E-state index contributed by atoms with van der Waals surface area (Å²) in [6.07, 6.45) is 5.25. The number of piperidine rings is 1. The molecule has 5 heteroatoms. The highest BCUT2D eigenvalue weighted by Crippen LogP contribution is 2.38. The van der Waals surface area contributed by atoms with E-state index in [-0.39, 0.29) is 6.09 Å². The van der Waals surface area contributed by atoms with Gasteiger partial charge in [-0.05, 0) is 67.5 Å². The van der Waals surface area contributed by atoms with Crippen molar-refractivity contribution >= 4 is 23.3 Å². The fourth-order valence-electron chi connectivity index (χ4n) is 4.06. The lowest BCUT2D eigenvalue weighted by Crippen LogP contribution is -2.37. The zero-order valence-electron chi connectivity index (χ0n) is 15.5. The lowest BCUT2D eigenvalue weighted by Gasteiger charge is -2.29.